The van der Waals surface area contributed by atoms with Gasteiger partial charge in [0, 0.05) is 37.8 Å². The van der Waals surface area contributed by atoms with E-state index in [4.69, 9.17) is 0 Å². The zero-order chi connectivity index (χ0) is 14.0. The Bertz CT molecular complexity index is 570. The van der Waals surface area contributed by atoms with Crippen LogP contribution in [0.2, 0.25) is 0 Å². The van der Waals surface area contributed by atoms with E-state index in [2.05, 4.69) is 5.32 Å². The number of hydrogen-bond acceptors (Lipinski definition) is 5. The number of hydrogen-bond donors (Lipinski definition) is 1. The standard InChI is InChI=1S/C11H15N3O4S/c1-9-8-13(7-6-12-9)19(17,18)11-4-2-10(3-5-11)14(15)16/h2-5,9,12H,6-8H2,1H3. The van der Waals surface area contributed by atoms with Gasteiger partial charge in [0.25, 0.3) is 5.69 Å². The van der Waals surface area contributed by atoms with Gasteiger partial charge in [-0.3, -0.25) is 10.1 Å². The van der Waals surface area contributed by atoms with Crippen molar-refractivity contribution in [2.24, 2.45) is 0 Å². The topological polar surface area (TPSA) is 92.5 Å². The second-order valence-electron chi connectivity index (χ2n) is 4.47. The minimum Gasteiger partial charge on any atom is -0.312 e. The fourth-order valence-electron chi connectivity index (χ4n) is 2.00. The molecule has 0 aromatic heterocycles. The molecule has 1 atom stereocenters. The molecular formula is C11H15N3O4S. The monoisotopic (exact) mass is 285 g/mol. The van der Waals surface area contributed by atoms with Crippen LogP contribution in [0.3, 0.4) is 0 Å². The molecule has 1 fully saturated rings. The third kappa shape index (κ3) is 2.91. The van der Waals surface area contributed by atoms with E-state index < -0.39 is 14.9 Å². The van der Waals surface area contributed by atoms with Gasteiger partial charge in [-0.25, -0.2) is 8.42 Å². The summed E-state index contributed by atoms with van der Waals surface area (Å²) < 4.78 is 26.1. The summed E-state index contributed by atoms with van der Waals surface area (Å²) in [4.78, 5) is 10.1. The fraction of sp³-hybridized carbons (Fsp3) is 0.455. The maximum Gasteiger partial charge on any atom is 0.269 e. The molecule has 1 aromatic rings. The highest BCUT2D eigenvalue weighted by molar-refractivity contribution is 7.89. The Balaban J connectivity index is 2.26. The van der Waals surface area contributed by atoms with Gasteiger partial charge < -0.3 is 5.32 Å². The van der Waals surface area contributed by atoms with Crippen LogP contribution in [0.4, 0.5) is 5.69 Å². The van der Waals surface area contributed by atoms with Crippen molar-refractivity contribution < 1.29 is 13.3 Å². The lowest BCUT2D eigenvalue weighted by Gasteiger charge is -2.30. The lowest BCUT2D eigenvalue weighted by molar-refractivity contribution is -0.384. The summed E-state index contributed by atoms with van der Waals surface area (Å²) in [5.41, 5.74) is -0.118. The molecule has 0 bridgehead atoms. The first kappa shape index (κ1) is 13.9. The molecule has 7 nitrogen and oxygen atoms in total. The van der Waals surface area contributed by atoms with Crippen LogP contribution in [0, 0.1) is 10.1 Å². The highest BCUT2D eigenvalue weighted by Gasteiger charge is 2.28. The maximum atomic E-state index is 12.3. The van der Waals surface area contributed by atoms with Gasteiger partial charge in [-0.1, -0.05) is 0 Å². The van der Waals surface area contributed by atoms with Gasteiger partial charge >= 0.3 is 0 Å². The van der Waals surface area contributed by atoms with Gasteiger partial charge in [0.15, 0.2) is 0 Å². The third-order valence-electron chi connectivity index (χ3n) is 3.02. The predicted molar refractivity (Wildman–Crippen MR) is 69.3 cm³/mol. The van der Waals surface area contributed by atoms with Crippen molar-refractivity contribution in [3.05, 3.63) is 34.4 Å². The Morgan fingerprint density at radius 3 is 2.53 bits per heavy atom. The van der Waals surface area contributed by atoms with Crippen LogP contribution in [0.15, 0.2) is 29.2 Å². The molecule has 8 heteroatoms. The number of non-ortho nitro benzene ring substituents is 1. The van der Waals surface area contributed by atoms with Crippen LogP contribution in [0.5, 0.6) is 0 Å². The van der Waals surface area contributed by atoms with E-state index >= 15 is 0 Å². The normalized spacial score (nSPS) is 21.2. The van der Waals surface area contributed by atoms with Gasteiger partial charge in [-0.15, -0.1) is 0 Å². The highest BCUT2D eigenvalue weighted by atomic mass is 32.2. The van der Waals surface area contributed by atoms with E-state index in [0.717, 1.165) is 0 Å². The van der Waals surface area contributed by atoms with Crippen LogP contribution < -0.4 is 5.32 Å². The zero-order valence-corrected chi connectivity index (χ0v) is 11.3. The van der Waals surface area contributed by atoms with Gasteiger partial charge in [0.1, 0.15) is 0 Å². The van der Waals surface area contributed by atoms with Crippen molar-refractivity contribution in [3.8, 4) is 0 Å². The Kier molecular flexibility index (Phi) is 3.83. The predicted octanol–water partition coefficient (Wildman–Crippen LogP) is 0.577. The molecule has 0 aliphatic carbocycles. The van der Waals surface area contributed by atoms with Crippen LogP contribution in [0.1, 0.15) is 6.92 Å². The number of sulfonamides is 1. The Morgan fingerprint density at radius 1 is 1.37 bits per heavy atom. The maximum absolute atomic E-state index is 12.3. The summed E-state index contributed by atoms with van der Waals surface area (Å²) in [6, 6.07) is 5.07. The van der Waals surface area contributed by atoms with Crippen molar-refractivity contribution >= 4 is 15.7 Å². The van der Waals surface area contributed by atoms with E-state index in [1.165, 1.54) is 28.6 Å². The van der Waals surface area contributed by atoms with Crippen LogP contribution >= 0.6 is 0 Å². The second-order valence-corrected chi connectivity index (χ2v) is 6.41. The number of rotatable bonds is 3. The molecule has 1 aliphatic heterocycles. The zero-order valence-electron chi connectivity index (χ0n) is 10.4. The minimum atomic E-state index is -3.57. The average molecular weight is 285 g/mol. The molecule has 1 saturated heterocycles. The van der Waals surface area contributed by atoms with Crippen molar-refractivity contribution in [2.75, 3.05) is 19.6 Å². The Hall–Kier alpha value is -1.51. The smallest absolute Gasteiger partial charge is 0.269 e. The van der Waals surface area contributed by atoms with Crippen molar-refractivity contribution in [1.82, 2.24) is 9.62 Å². The lowest BCUT2D eigenvalue weighted by Crippen LogP contribution is -2.51. The molecule has 2 rings (SSSR count). The van der Waals surface area contributed by atoms with Crippen molar-refractivity contribution in [2.45, 2.75) is 17.9 Å². The van der Waals surface area contributed by atoms with Crippen LogP contribution in [0.25, 0.3) is 0 Å². The number of nitro groups is 1. The molecule has 1 heterocycles. The molecule has 19 heavy (non-hydrogen) atoms. The molecule has 1 aromatic carbocycles. The van der Waals surface area contributed by atoms with Crippen LogP contribution in [-0.4, -0.2) is 43.3 Å². The summed E-state index contributed by atoms with van der Waals surface area (Å²) in [7, 11) is -3.57. The number of nitro benzene ring substituents is 1. The Morgan fingerprint density at radius 2 is 2.00 bits per heavy atom. The number of piperazine rings is 1. The van der Waals surface area contributed by atoms with E-state index in [1.54, 1.807) is 0 Å². The number of nitrogens with one attached hydrogen (secondary N) is 1. The fourth-order valence-corrected chi connectivity index (χ4v) is 3.53. The third-order valence-corrected chi connectivity index (χ3v) is 4.90. The summed E-state index contributed by atoms with van der Waals surface area (Å²) in [5.74, 6) is 0. The van der Waals surface area contributed by atoms with E-state index in [1.807, 2.05) is 6.92 Å². The van der Waals surface area contributed by atoms with Gasteiger partial charge in [-0.05, 0) is 19.1 Å². The lowest BCUT2D eigenvalue weighted by atomic mass is 10.3. The molecule has 104 valence electrons. The minimum absolute atomic E-state index is 0.0900. The largest absolute Gasteiger partial charge is 0.312 e. The molecular weight excluding hydrogens is 270 g/mol. The van der Waals surface area contributed by atoms with Crippen LogP contribution in [-0.2, 0) is 10.0 Å². The van der Waals surface area contributed by atoms with E-state index in [9.17, 15) is 18.5 Å². The van der Waals surface area contributed by atoms with Gasteiger partial charge in [0.05, 0.1) is 9.82 Å². The first-order valence-electron chi connectivity index (χ1n) is 5.89. The SMILES string of the molecule is CC1CN(S(=O)(=O)c2ccc([N+](=O)[O-])cc2)CCN1. The first-order valence-corrected chi connectivity index (χ1v) is 7.33. The summed E-state index contributed by atoms with van der Waals surface area (Å²) in [6.07, 6.45) is 0. The van der Waals surface area contributed by atoms with E-state index in [-0.39, 0.29) is 16.6 Å². The molecule has 0 saturated carbocycles. The quantitative estimate of drug-likeness (QED) is 0.647. The second kappa shape index (κ2) is 5.24. The number of benzene rings is 1. The molecule has 1 unspecified atom stereocenters. The number of nitrogens with zero attached hydrogens (tertiary/aromatic N) is 2. The van der Waals surface area contributed by atoms with Gasteiger partial charge in [-0.2, -0.15) is 4.31 Å². The molecule has 0 amide bonds. The highest BCUT2D eigenvalue weighted by Crippen LogP contribution is 2.20. The molecule has 0 spiro atoms. The van der Waals surface area contributed by atoms with E-state index in [0.29, 0.717) is 19.6 Å². The molecule has 1 N–H and O–H groups in total. The van der Waals surface area contributed by atoms with Crippen molar-refractivity contribution in [1.29, 1.82) is 0 Å². The summed E-state index contributed by atoms with van der Waals surface area (Å²) >= 11 is 0. The Labute approximate surface area is 111 Å². The first-order chi connectivity index (χ1) is 8.91. The summed E-state index contributed by atoms with van der Waals surface area (Å²) in [6.45, 7) is 3.33. The molecule has 1 aliphatic rings. The van der Waals surface area contributed by atoms with Gasteiger partial charge in [0.2, 0.25) is 10.0 Å². The average Bonchev–Trinajstić information content (AvgIpc) is 2.39. The molecule has 0 radical (unpaired) electrons. The van der Waals surface area contributed by atoms with Crippen molar-refractivity contribution in [3.63, 3.8) is 0 Å². The summed E-state index contributed by atoms with van der Waals surface area (Å²) in [5, 5.41) is 13.7.